The van der Waals surface area contributed by atoms with Gasteiger partial charge in [0.15, 0.2) is 0 Å². The van der Waals surface area contributed by atoms with Crippen LogP contribution in [0.15, 0.2) is 53.6 Å². The van der Waals surface area contributed by atoms with Gasteiger partial charge in [-0.15, -0.1) is 0 Å². The number of aromatic nitrogens is 2. The van der Waals surface area contributed by atoms with Crippen LogP contribution < -0.4 is 15.8 Å². The molecule has 3 aromatic rings. The Labute approximate surface area is 168 Å². The van der Waals surface area contributed by atoms with Gasteiger partial charge in [-0.05, 0) is 42.7 Å². The highest BCUT2D eigenvalue weighted by Gasteiger charge is 2.21. The lowest BCUT2D eigenvalue weighted by Gasteiger charge is -2.16. The van der Waals surface area contributed by atoms with Crippen LogP contribution in [0.5, 0.6) is 0 Å². The van der Waals surface area contributed by atoms with Gasteiger partial charge in [-0.25, -0.2) is 4.98 Å². The first-order chi connectivity index (χ1) is 14.0. The molecular weight excluding hydrogens is 368 g/mol. The third-order valence-corrected chi connectivity index (χ3v) is 5.18. The van der Waals surface area contributed by atoms with Crippen molar-refractivity contribution >= 4 is 28.4 Å². The van der Waals surface area contributed by atoms with Gasteiger partial charge >= 0.3 is 0 Å². The summed E-state index contributed by atoms with van der Waals surface area (Å²) in [5, 5.41) is 3.33. The van der Waals surface area contributed by atoms with E-state index in [1.165, 1.54) is 10.9 Å². The third kappa shape index (κ3) is 3.89. The number of para-hydroxylation sites is 1. The van der Waals surface area contributed by atoms with Crippen LogP contribution in [-0.4, -0.2) is 27.9 Å². The summed E-state index contributed by atoms with van der Waals surface area (Å²) >= 11 is 0. The zero-order valence-electron chi connectivity index (χ0n) is 16.2. The smallest absolute Gasteiger partial charge is 0.261 e. The van der Waals surface area contributed by atoms with Crippen molar-refractivity contribution in [2.75, 3.05) is 11.4 Å². The van der Waals surface area contributed by atoms with Crippen molar-refractivity contribution in [1.82, 2.24) is 14.9 Å². The van der Waals surface area contributed by atoms with Gasteiger partial charge in [-0.1, -0.05) is 24.3 Å². The molecule has 2 aromatic carbocycles. The molecule has 0 bridgehead atoms. The van der Waals surface area contributed by atoms with Crippen molar-refractivity contribution in [3.05, 3.63) is 70.3 Å². The van der Waals surface area contributed by atoms with Crippen LogP contribution in [0, 0.1) is 6.92 Å². The van der Waals surface area contributed by atoms with Gasteiger partial charge in [0.2, 0.25) is 11.8 Å². The lowest BCUT2D eigenvalue weighted by atomic mass is 10.1. The van der Waals surface area contributed by atoms with E-state index in [9.17, 15) is 14.4 Å². The standard InChI is InChI=1S/C22H22N4O3/c1-15-4-2-5-18-21(15)24-14-25(22(18)29)13-19(27)23-12-16-7-9-17(10-8-16)26-11-3-6-20(26)28/h2,4-5,7-10,14H,3,6,11-13H2,1H3,(H,23,27). The van der Waals surface area contributed by atoms with E-state index in [2.05, 4.69) is 10.3 Å². The number of hydrogen-bond donors (Lipinski definition) is 1. The molecule has 0 atom stereocenters. The minimum Gasteiger partial charge on any atom is -0.350 e. The Morgan fingerprint density at radius 1 is 1.14 bits per heavy atom. The van der Waals surface area contributed by atoms with Crippen molar-refractivity contribution in [3.63, 3.8) is 0 Å². The molecule has 1 N–H and O–H groups in total. The molecule has 148 valence electrons. The normalized spacial score (nSPS) is 13.8. The SMILES string of the molecule is Cc1cccc2c(=O)n(CC(=O)NCc3ccc(N4CCCC4=O)cc3)cnc12. The molecule has 2 amide bonds. The predicted octanol–water partition coefficient (Wildman–Crippen LogP) is 2.15. The van der Waals surface area contributed by atoms with Crippen molar-refractivity contribution in [3.8, 4) is 0 Å². The predicted molar refractivity (Wildman–Crippen MR) is 111 cm³/mol. The molecule has 0 radical (unpaired) electrons. The molecule has 4 rings (SSSR count). The second kappa shape index (κ2) is 7.87. The van der Waals surface area contributed by atoms with Gasteiger partial charge in [-0.3, -0.25) is 19.0 Å². The monoisotopic (exact) mass is 390 g/mol. The molecule has 0 spiro atoms. The van der Waals surface area contributed by atoms with E-state index in [0.29, 0.717) is 23.9 Å². The molecule has 0 saturated carbocycles. The van der Waals surface area contributed by atoms with Gasteiger partial charge in [0.25, 0.3) is 5.56 Å². The fraction of sp³-hybridized carbons (Fsp3) is 0.273. The van der Waals surface area contributed by atoms with Crippen LogP contribution in [-0.2, 0) is 22.7 Å². The average Bonchev–Trinajstić information content (AvgIpc) is 3.15. The van der Waals surface area contributed by atoms with E-state index in [4.69, 9.17) is 0 Å². The molecule has 7 nitrogen and oxygen atoms in total. The molecule has 1 aliphatic heterocycles. The number of rotatable bonds is 5. The van der Waals surface area contributed by atoms with Crippen LogP contribution in [0.1, 0.15) is 24.0 Å². The number of carbonyl (C=O) groups is 2. The highest BCUT2D eigenvalue weighted by molar-refractivity contribution is 5.95. The molecular formula is C22H22N4O3. The summed E-state index contributed by atoms with van der Waals surface area (Å²) in [6.45, 7) is 2.91. The Hall–Kier alpha value is -3.48. The van der Waals surface area contributed by atoms with E-state index < -0.39 is 0 Å². The quantitative estimate of drug-likeness (QED) is 0.723. The molecule has 1 fully saturated rings. The van der Waals surface area contributed by atoms with E-state index in [1.807, 2.05) is 43.3 Å². The highest BCUT2D eigenvalue weighted by Crippen LogP contribution is 2.21. The first kappa shape index (κ1) is 18.9. The van der Waals surface area contributed by atoms with Crippen molar-refractivity contribution in [2.45, 2.75) is 32.9 Å². The number of benzene rings is 2. The maximum Gasteiger partial charge on any atom is 0.261 e. The largest absolute Gasteiger partial charge is 0.350 e. The summed E-state index contributed by atoms with van der Waals surface area (Å²) in [5.74, 6) is -0.115. The zero-order chi connectivity index (χ0) is 20.4. The van der Waals surface area contributed by atoms with Crippen LogP contribution in [0.4, 0.5) is 5.69 Å². The van der Waals surface area contributed by atoms with Crippen molar-refractivity contribution in [2.24, 2.45) is 0 Å². The van der Waals surface area contributed by atoms with Crippen LogP contribution in [0.25, 0.3) is 10.9 Å². The molecule has 29 heavy (non-hydrogen) atoms. The minimum atomic E-state index is -0.264. The number of carbonyl (C=O) groups excluding carboxylic acids is 2. The highest BCUT2D eigenvalue weighted by atomic mass is 16.2. The fourth-order valence-corrected chi connectivity index (χ4v) is 3.58. The summed E-state index contributed by atoms with van der Waals surface area (Å²) in [5.41, 5.74) is 3.16. The van der Waals surface area contributed by atoms with E-state index >= 15 is 0 Å². The number of hydrogen-bond acceptors (Lipinski definition) is 4. The molecule has 0 unspecified atom stereocenters. The maximum absolute atomic E-state index is 12.6. The Bertz CT molecular complexity index is 1130. The fourth-order valence-electron chi connectivity index (χ4n) is 3.58. The molecule has 0 aliphatic carbocycles. The van der Waals surface area contributed by atoms with Gasteiger partial charge in [0.05, 0.1) is 17.2 Å². The van der Waals surface area contributed by atoms with Gasteiger partial charge in [-0.2, -0.15) is 0 Å². The van der Waals surface area contributed by atoms with Crippen LogP contribution in [0.2, 0.25) is 0 Å². The van der Waals surface area contributed by atoms with Crippen molar-refractivity contribution < 1.29 is 9.59 Å². The molecule has 2 heterocycles. The van der Waals surface area contributed by atoms with Crippen LogP contribution in [0.3, 0.4) is 0 Å². The number of amides is 2. The molecule has 1 aliphatic rings. The molecule has 1 saturated heterocycles. The number of fused-ring (bicyclic) bond motifs is 1. The summed E-state index contributed by atoms with van der Waals surface area (Å²) < 4.78 is 1.32. The Morgan fingerprint density at radius 3 is 2.66 bits per heavy atom. The minimum absolute atomic E-state index is 0.0872. The van der Waals surface area contributed by atoms with Gasteiger partial charge < -0.3 is 10.2 Å². The lowest BCUT2D eigenvalue weighted by Crippen LogP contribution is -2.32. The summed E-state index contributed by atoms with van der Waals surface area (Å²) in [6, 6.07) is 13.0. The number of anilines is 1. The Kier molecular flexibility index (Phi) is 5.12. The number of aryl methyl sites for hydroxylation is 1. The Balaban J connectivity index is 1.39. The van der Waals surface area contributed by atoms with E-state index in [1.54, 1.807) is 11.0 Å². The Morgan fingerprint density at radius 2 is 1.93 bits per heavy atom. The number of nitrogens with zero attached hydrogens (tertiary/aromatic N) is 3. The number of nitrogens with one attached hydrogen (secondary N) is 1. The molecule has 1 aromatic heterocycles. The topological polar surface area (TPSA) is 84.3 Å². The first-order valence-corrected chi connectivity index (χ1v) is 9.64. The summed E-state index contributed by atoms with van der Waals surface area (Å²) in [4.78, 5) is 42.8. The maximum atomic E-state index is 12.6. The van der Waals surface area contributed by atoms with E-state index in [-0.39, 0.29) is 23.9 Å². The second-order valence-corrected chi connectivity index (χ2v) is 7.24. The zero-order valence-corrected chi connectivity index (χ0v) is 16.2. The first-order valence-electron chi connectivity index (χ1n) is 9.64. The third-order valence-electron chi connectivity index (χ3n) is 5.18. The lowest BCUT2D eigenvalue weighted by molar-refractivity contribution is -0.122. The van der Waals surface area contributed by atoms with Crippen LogP contribution >= 0.6 is 0 Å². The average molecular weight is 390 g/mol. The van der Waals surface area contributed by atoms with Gasteiger partial charge in [0.1, 0.15) is 6.54 Å². The van der Waals surface area contributed by atoms with E-state index in [0.717, 1.165) is 29.8 Å². The molecule has 7 heteroatoms. The summed E-state index contributed by atoms with van der Waals surface area (Å²) in [7, 11) is 0. The van der Waals surface area contributed by atoms with Gasteiger partial charge in [0, 0.05) is 25.2 Å². The summed E-state index contributed by atoms with van der Waals surface area (Å²) in [6.07, 6.45) is 2.90. The van der Waals surface area contributed by atoms with Crippen molar-refractivity contribution in [1.29, 1.82) is 0 Å². The second-order valence-electron chi connectivity index (χ2n) is 7.24.